The lowest BCUT2D eigenvalue weighted by atomic mass is 10.4. The van der Waals surface area contributed by atoms with Gasteiger partial charge in [0.1, 0.15) is 0 Å². The monoisotopic (exact) mass is 287 g/mol. The molecule has 0 heterocycles. The number of nitrogens with one attached hydrogen (secondary N) is 2. The van der Waals surface area contributed by atoms with Crippen molar-refractivity contribution >= 4 is 28.3 Å². The molecule has 8 heteroatoms. The molecular weight excluding hydrogens is 266 g/mol. The first-order valence-electron chi connectivity index (χ1n) is 5.29. The van der Waals surface area contributed by atoms with E-state index in [-0.39, 0.29) is 30.6 Å². The van der Waals surface area contributed by atoms with Crippen LogP contribution in [0.3, 0.4) is 0 Å². The molecule has 2 N–H and O–H groups in total. The number of likely N-dealkylation sites (N-methyl/N-ethyl adjacent to an activating group) is 1. The van der Waals surface area contributed by atoms with Crippen molar-refractivity contribution in [3.8, 4) is 0 Å². The SMILES string of the molecule is CCS(=O)(=O)N(C)CCCNC(=O)CNC.Cl. The summed E-state index contributed by atoms with van der Waals surface area (Å²) in [5.41, 5.74) is 0. The Hall–Kier alpha value is -0.370. The average Bonchev–Trinajstić information content (AvgIpc) is 2.24. The van der Waals surface area contributed by atoms with Gasteiger partial charge >= 0.3 is 0 Å². The van der Waals surface area contributed by atoms with Crippen LogP contribution in [0, 0.1) is 0 Å². The summed E-state index contributed by atoms with van der Waals surface area (Å²) in [5.74, 6) is 0.0267. The van der Waals surface area contributed by atoms with Crippen molar-refractivity contribution in [3.05, 3.63) is 0 Å². The molecule has 0 bridgehead atoms. The third kappa shape index (κ3) is 8.37. The van der Waals surface area contributed by atoms with Crippen LogP contribution < -0.4 is 10.6 Å². The van der Waals surface area contributed by atoms with E-state index in [9.17, 15) is 13.2 Å². The van der Waals surface area contributed by atoms with Crippen molar-refractivity contribution in [1.29, 1.82) is 0 Å². The molecule has 104 valence electrons. The van der Waals surface area contributed by atoms with Crippen LogP contribution in [-0.2, 0) is 14.8 Å². The number of carbonyl (C=O) groups excluding carboxylic acids is 1. The van der Waals surface area contributed by atoms with Gasteiger partial charge in [0, 0.05) is 20.1 Å². The number of nitrogens with zero attached hydrogens (tertiary/aromatic N) is 1. The van der Waals surface area contributed by atoms with Gasteiger partial charge in [-0.3, -0.25) is 4.79 Å². The van der Waals surface area contributed by atoms with E-state index >= 15 is 0 Å². The second kappa shape index (κ2) is 9.64. The molecule has 0 atom stereocenters. The number of amides is 1. The van der Waals surface area contributed by atoms with Crippen LogP contribution in [-0.4, -0.2) is 58.1 Å². The van der Waals surface area contributed by atoms with Crippen LogP contribution in [0.15, 0.2) is 0 Å². The van der Waals surface area contributed by atoms with Gasteiger partial charge in [0.2, 0.25) is 15.9 Å². The summed E-state index contributed by atoms with van der Waals surface area (Å²) >= 11 is 0. The second-order valence-electron chi connectivity index (χ2n) is 3.46. The Morgan fingerprint density at radius 2 is 1.94 bits per heavy atom. The van der Waals surface area contributed by atoms with Crippen molar-refractivity contribution in [2.75, 3.05) is 39.5 Å². The minimum absolute atomic E-state index is 0. The van der Waals surface area contributed by atoms with Crippen LogP contribution >= 0.6 is 12.4 Å². The molecule has 0 aromatic carbocycles. The quantitative estimate of drug-likeness (QED) is 0.585. The fourth-order valence-corrected chi connectivity index (χ4v) is 1.96. The minimum Gasteiger partial charge on any atom is -0.355 e. The average molecular weight is 288 g/mol. The number of hydrogen-bond donors (Lipinski definition) is 2. The summed E-state index contributed by atoms with van der Waals surface area (Å²) in [6, 6.07) is 0. The predicted octanol–water partition coefficient (Wildman–Crippen LogP) is -0.585. The van der Waals surface area contributed by atoms with Crippen LogP contribution in [0.4, 0.5) is 0 Å². The molecule has 6 nitrogen and oxygen atoms in total. The molecule has 0 saturated carbocycles. The molecule has 1 amide bonds. The highest BCUT2D eigenvalue weighted by molar-refractivity contribution is 7.89. The first-order valence-corrected chi connectivity index (χ1v) is 6.90. The fourth-order valence-electron chi connectivity index (χ4n) is 1.11. The standard InChI is InChI=1S/C9H21N3O3S.ClH/c1-4-16(14,15)12(3)7-5-6-11-9(13)8-10-2;/h10H,4-8H2,1-3H3,(H,11,13);1H. The van der Waals surface area contributed by atoms with E-state index in [0.29, 0.717) is 19.5 Å². The smallest absolute Gasteiger partial charge is 0.233 e. The molecular formula is C9H22ClN3O3S. The summed E-state index contributed by atoms with van der Waals surface area (Å²) in [5, 5.41) is 5.42. The number of carbonyl (C=O) groups is 1. The normalized spacial score (nSPS) is 11.1. The summed E-state index contributed by atoms with van der Waals surface area (Å²) in [6.45, 7) is 2.81. The number of rotatable bonds is 8. The van der Waals surface area contributed by atoms with Gasteiger partial charge in [-0.15, -0.1) is 12.4 Å². The van der Waals surface area contributed by atoms with Gasteiger partial charge in [0.15, 0.2) is 0 Å². The van der Waals surface area contributed by atoms with Crippen LogP contribution in [0.25, 0.3) is 0 Å². The Morgan fingerprint density at radius 3 is 2.41 bits per heavy atom. The molecule has 0 aromatic heterocycles. The zero-order valence-electron chi connectivity index (χ0n) is 10.5. The van der Waals surface area contributed by atoms with Crippen molar-refractivity contribution in [3.63, 3.8) is 0 Å². The molecule has 0 radical (unpaired) electrons. The third-order valence-electron chi connectivity index (χ3n) is 2.15. The summed E-state index contributed by atoms with van der Waals surface area (Å²) in [7, 11) is 0.145. The molecule has 0 spiro atoms. The van der Waals surface area contributed by atoms with Gasteiger partial charge in [-0.25, -0.2) is 12.7 Å². The Bertz CT molecular complexity index is 309. The van der Waals surface area contributed by atoms with Crippen molar-refractivity contribution in [1.82, 2.24) is 14.9 Å². The summed E-state index contributed by atoms with van der Waals surface area (Å²) in [6.07, 6.45) is 0.616. The van der Waals surface area contributed by atoms with E-state index in [1.807, 2.05) is 0 Å². The van der Waals surface area contributed by atoms with Crippen molar-refractivity contribution < 1.29 is 13.2 Å². The lowest BCUT2D eigenvalue weighted by Gasteiger charge is -2.15. The van der Waals surface area contributed by atoms with Gasteiger partial charge in [0.05, 0.1) is 12.3 Å². The molecule has 0 fully saturated rings. The molecule has 0 aliphatic rings. The molecule has 0 unspecified atom stereocenters. The van der Waals surface area contributed by atoms with Gasteiger partial charge in [-0.2, -0.15) is 0 Å². The van der Waals surface area contributed by atoms with Gasteiger partial charge in [-0.1, -0.05) is 0 Å². The topological polar surface area (TPSA) is 78.5 Å². The van der Waals surface area contributed by atoms with Gasteiger partial charge < -0.3 is 10.6 Å². The Kier molecular flexibility index (Phi) is 10.8. The van der Waals surface area contributed by atoms with E-state index < -0.39 is 10.0 Å². The Balaban J connectivity index is 0. The lowest BCUT2D eigenvalue weighted by molar-refractivity contribution is -0.120. The zero-order chi connectivity index (χ0) is 12.6. The molecule has 0 saturated heterocycles. The Morgan fingerprint density at radius 1 is 1.35 bits per heavy atom. The first kappa shape index (κ1) is 19.0. The minimum atomic E-state index is -3.10. The third-order valence-corrected chi connectivity index (χ3v) is 4.01. The van der Waals surface area contributed by atoms with Gasteiger partial charge in [-0.05, 0) is 20.4 Å². The highest BCUT2D eigenvalue weighted by Gasteiger charge is 2.13. The lowest BCUT2D eigenvalue weighted by Crippen LogP contribution is -2.35. The number of halogens is 1. The number of hydrogen-bond acceptors (Lipinski definition) is 4. The summed E-state index contributed by atoms with van der Waals surface area (Å²) in [4.78, 5) is 11.0. The first-order chi connectivity index (χ1) is 7.44. The summed E-state index contributed by atoms with van der Waals surface area (Å²) < 4.78 is 24.0. The predicted molar refractivity (Wildman–Crippen MR) is 70.9 cm³/mol. The highest BCUT2D eigenvalue weighted by Crippen LogP contribution is 1.97. The molecule has 0 aromatic rings. The maximum atomic E-state index is 11.4. The van der Waals surface area contributed by atoms with E-state index in [2.05, 4.69) is 10.6 Å². The van der Waals surface area contributed by atoms with E-state index in [1.54, 1.807) is 21.0 Å². The molecule has 0 aliphatic heterocycles. The van der Waals surface area contributed by atoms with Crippen LogP contribution in [0.2, 0.25) is 0 Å². The molecule has 0 aliphatic carbocycles. The van der Waals surface area contributed by atoms with Crippen LogP contribution in [0.1, 0.15) is 13.3 Å². The maximum absolute atomic E-state index is 11.4. The zero-order valence-corrected chi connectivity index (χ0v) is 12.2. The van der Waals surface area contributed by atoms with E-state index in [0.717, 1.165) is 0 Å². The Labute approximate surface area is 110 Å². The highest BCUT2D eigenvalue weighted by atomic mass is 35.5. The molecule has 17 heavy (non-hydrogen) atoms. The van der Waals surface area contributed by atoms with Crippen molar-refractivity contribution in [2.24, 2.45) is 0 Å². The molecule has 0 rings (SSSR count). The second-order valence-corrected chi connectivity index (χ2v) is 5.82. The van der Waals surface area contributed by atoms with Gasteiger partial charge in [0.25, 0.3) is 0 Å². The van der Waals surface area contributed by atoms with Crippen molar-refractivity contribution in [2.45, 2.75) is 13.3 Å². The van der Waals surface area contributed by atoms with E-state index in [1.165, 1.54) is 4.31 Å². The fraction of sp³-hybridized carbons (Fsp3) is 0.889. The van der Waals surface area contributed by atoms with Crippen LogP contribution in [0.5, 0.6) is 0 Å². The number of sulfonamides is 1. The van der Waals surface area contributed by atoms with E-state index in [4.69, 9.17) is 0 Å². The largest absolute Gasteiger partial charge is 0.355 e. The maximum Gasteiger partial charge on any atom is 0.233 e.